The van der Waals surface area contributed by atoms with Crippen LogP contribution in [-0.4, -0.2) is 18.1 Å². The first-order chi connectivity index (χ1) is 9.52. The number of nitrogens with zero attached hydrogens (tertiary/aromatic N) is 1. The van der Waals surface area contributed by atoms with E-state index in [-0.39, 0.29) is 12.0 Å². The zero-order valence-electron chi connectivity index (χ0n) is 10.8. The monoisotopic (exact) mass is 418 g/mol. The minimum Gasteiger partial charge on any atom is -0.465 e. The second kappa shape index (κ2) is 6.69. The summed E-state index contributed by atoms with van der Waals surface area (Å²) < 4.78 is 6.42. The molecule has 0 aliphatic rings. The number of aromatic nitrogens is 1. The van der Waals surface area contributed by atoms with Crippen molar-refractivity contribution in [1.82, 2.24) is 4.98 Å². The quantitative estimate of drug-likeness (QED) is 0.734. The molecule has 0 radical (unpaired) electrons. The van der Waals surface area contributed by atoms with Crippen LogP contribution in [0.3, 0.4) is 0 Å². The first-order valence-electron chi connectivity index (χ1n) is 5.76. The van der Waals surface area contributed by atoms with Crippen molar-refractivity contribution in [2.24, 2.45) is 0 Å². The van der Waals surface area contributed by atoms with E-state index in [0.717, 1.165) is 14.0 Å². The second-order valence-electron chi connectivity index (χ2n) is 4.04. The lowest BCUT2D eigenvalue weighted by Gasteiger charge is -2.17. The highest BCUT2D eigenvalue weighted by Gasteiger charge is 2.19. The lowest BCUT2D eigenvalue weighted by Crippen LogP contribution is -2.12. The van der Waals surface area contributed by atoms with Crippen LogP contribution in [0, 0.1) is 0 Å². The van der Waals surface area contributed by atoms with Crippen LogP contribution >= 0.6 is 43.2 Å². The average molecular weight is 420 g/mol. The number of ether oxygens (including phenoxy) is 1. The van der Waals surface area contributed by atoms with E-state index in [0.29, 0.717) is 11.3 Å². The summed E-state index contributed by atoms with van der Waals surface area (Å²) in [5.41, 5.74) is 1.17. The van der Waals surface area contributed by atoms with Gasteiger partial charge in [-0.2, -0.15) is 0 Å². The molecule has 0 saturated heterocycles. The van der Waals surface area contributed by atoms with Crippen molar-refractivity contribution < 1.29 is 9.53 Å². The highest BCUT2D eigenvalue weighted by molar-refractivity contribution is 9.11. The molecule has 0 aliphatic carbocycles. The van der Waals surface area contributed by atoms with Gasteiger partial charge in [0.1, 0.15) is 5.01 Å². The van der Waals surface area contributed by atoms with Crippen LogP contribution in [0.15, 0.2) is 32.7 Å². The Kier molecular flexibility index (Phi) is 5.17. The van der Waals surface area contributed by atoms with Crippen molar-refractivity contribution in [3.8, 4) is 0 Å². The highest BCUT2D eigenvalue weighted by Crippen LogP contribution is 2.34. The minimum atomic E-state index is -0.388. The molecular weight excluding hydrogens is 408 g/mol. The zero-order valence-corrected chi connectivity index (χ0v) is 14.8. The molecule has 2 rings (SSSR count). The van der Waals surface area contributed by atoms with Gasteiger partial charge >= 0.3 is 5.97 Å². The largest absolute Gasteiger partial charge is 0.465 e. The summed E-state index contributed by atoms with van der Waals surface area (Å²) in [5.74, 6) is -0.388. The lowest BCUT2D eigenvalue weighted by atomic mass is 10.1. The van der Waals surface area contributed by atoms with Gasteiger partial charge in [0.05, 0.1) is 24.4 Å². The molecule has 1 unspecified atom stereocenters. The Labute approximate surface area is 137 Å². The molecule has 0 fully saturated rings. The fourth-order valence-corrected chi connectivity index (χ4v) is 3.70. The second-order valence-corrected chi connectivity index (χ2v) is 6.73. The Morgan fingerprint density at radius 2 is 2.20 bits per heavy atom. The molecule has 0 amide bonds. The maximum Gasteiger partial charge on any atom is 0.340 e. The van der Waals surface area contributed by atoms with E-state index in [1.807, 2.05) is 18.4 Å². The number of hydrogen-bond acceptors (Lipinski definition) is 5. The van der Waals surface area contributed by atoms with Crippen LogP contribution in [0.2, 0.25) is 0 Å². The van der Waals surface area contributed by atoms with Crippen molar-refractivity contribution >= 4 is 54.9 Å². The molecule has 106 valence electrons. The number of rotatable bonds is 4. The number of carbonyl (C=O) groups excluding carboxylic acids is 1. The summed E-state index contributed by atoms with van der Waals surface area (Å²) in [6.07, 6.45) is 1.76. The van der Waals surface area contributed by atoms with Gasteiger partial charge in [0, 0.05) is 20.5 Å². The SMILES string of the molecule is COC(=O)c1cc(Br)cc(Br)c1NC(C)c1nccs1. The summed E-state index contributed by atoms with van der Waals surface area (Å²) in [4.78, 5) is 16.2. The van der Waals surface area contributed by atoms with E-state index in [1.54, 1.807) is 23.6 Å². The molecule has 0 bridgehead atoms. The molecule has 4 nitrogen and oxygen atoms in total. The molecule has 1 aromatic carbocycles. The summed E-state index contributed by atoms with van der Waals surface area (Å²) in [6, 6.07) is 3.60. The Bertz CT molecular complexity index is 617. The van der Waals surface area contributed by atoms with Gasteiger partial charge in [-0.25, -0.2) is 9.78 Å². The van der Waals surface area contributed by atoms with Gasteiger partial charge in [-0.15, -0.1) is 11.3 Å². The van der Waals surface area contributed by atoms with Gasteiger partial charge in [0.15, 0.2) is 0 Å². The van der Waals surface area contributed by atoms with E-state index < -0.39 is 0 Å². The fourth-order valence-electron chi connectivity index (χ4n) is 1.72. The van der Waals surface area contributed by atoms with Crippen LogP contribution in [-0.2, 0) is 4.74 Å². The van der Waals surface area contributed by atoms with Crippen LogP contribution < -0.4 is 5.32 Å². The predicted octanol–water partition coefficient (Wildman–Crippen LogP) is 4.63. The molecule has 1 heterocycles. The number of benzene rings is 1. The smallest absolute Gasteiger partial charge is 0.340 e. The van der Waals surface area contributed by atoms with Crippen LogP contribution in [0.4, 0.5) is 5.69 Å². The Morgan fingerprint density at radius 3 is 2.80 bits per heavy atom. The minimum absolute atomic E-state index is 0.00381. The maximum absolute atomic E-state index is 11.9. The molecule has 1 N–H and O–H groups in total. The topological polar surface area (TPSA) is 51.2 Å². The lowest BCUT2D eigenvalue weighted by molar-refractivity contribution is 0.0601. The molecule has 0 aliphatic heterocycles. The van der Waals surface area contributed by atoms with Crippen molar-refractivity contribution in [1.29, 1.82) is 0 Å². The number of anilines is 1. The van der Waals surface area contributed by atoms with E-state index in [4.69, 9.17) is 4.74 Å². The third kappa shape index (κ3) is 3.39. The third-order valence-corrected chi connectivity index (χ3v) is 4.68. The summed E-state index contributed by atoms with van der Waals surface area (Å²) in [6.45, 7) is 1.99. The van der Waals surface area contributed by atoms with Gasteiger partial charge in [0.25, 0.3) is 0 Å². The number of methoxy groups -OCH3 is 1. The van der Waals surface area contributed by atoms with E-state index in [1.165, 1.54) is 7.11 Å². The number of esters is 1. The van der Waals surface area contributed by atoms with Crippen LogP contribution in [0.5, 0.6) is 0 Å². The predicted molar refractivity (Wildman–Crippen MR) is 87.3 cm³/mol. The third-order valence-electron chi connectivity index (χ3n) is 2.64. The van der Waals surface area contributed by atoms with Gasteiger partial charge in [-0.1, -0.05) is 15.9 Å². The highest BCUT2D eigenvalue weighted by atomic mass is 79.9. The fraction of sp³-hybridized carbons (Fsp3) is 0.231. The van der Waals surface area contributed by atoms with Gasteiger partial charge in [-0.05, 0) is 35.0 Å². The van der Waals surface area contributed by atoms with Crippen molar-refractivity contribution in [2.45, 2.75) is 13.0 Å². The summed E-state index contributed by atoms with van der Waals surface area (Å²) >= 11 is 8.41. The van der Waals surface area contributed by atoms with E-state index >= 15 is 0 Å². The first-order valence-corrected chi connectivity index (χ1v) is 8.22. The van der Waals surface area contributed by atoms with Crippen LogP contribution in [0.25, 0.3) is 0 Å². The Morgan fingerprint density at radius 1 is 1.45 bits per heavy atom. The Hall–Kier alpha value is -0.920. The zero-order chi connectivity index (χ0) is 14.7. The molecule has 0 saturated carbocycles. The molecule has 1 aromatic heterocycles. The number of nitrogens with one attached hydrogen (secondary N) is 1. The van der Waals surface area contributed by atoms with Crippen molar-refractivity contribution in [3.05, 3.63) is 43.2 Å². The molecule has 20 heavy (non-hydrogen) atoms. The average Bonchev–Trinajstić information content (AvgIpc) is 2.94. The van der Waals surface area contributed by atoms with Gasteiger partial charge in [0.2, 0.25) is 0 Å². The van der Waals surface area contributed by atoms with Crippen molar-refractivity contribution in [3.63, 3.8) is 0 Å². The number of carbonyl (C=O) groups is 1. The molecular formula is C13H12Br2N2O2S. The summed E-state index contributed by atoms with van der Waals surface area (Å²) in [7, 11) is 1.37. The number of thiazole rings is 1. The Balaban J connectivity index is 2.37. The van der Waals surface area contributed by atoms with Gasteiger partial charge < -0.3 is 10.1 Å². The van der Waals surface area contributed by atoms with E-state index in [9.17, 15) is 4.79 Å². The van der Waals surface area contributed by atoms with E-state index in [2.05, 4.69) is 42.2 Å². The standard InChI is InChI=1S/C13H12Br2N2O2S/c1-7(12-16-3-4-20-12)17-11-9(13(18)19-2)5-8(14)6-10(11)15/h3-7,17H,1-2H3. The maximum atomic E-state index is 11.9. The molecule has 1 atom stereocenters. The molecule has 2 aromatic rings. The number of hydrogen-bond donors (Lipinski definition) is 1. The summed E-state index contributed by atoms with van der Waals surface area (Å²) in [5, 5.41) is 6.18. The molecule has 7 heteroatoms. The first kappa shape index (κ1) is 15.5. The number of halogens is 2. The normalized spacial score (nSPS) is 12.0. The molecule has 0 spiro atoms. The van der Waals surface area contributed by atoms with Crippen LogP contribution in [0.1, 0.15) is 28.3 Å². The van der Waals surface area contributed by atoms with Crippen molar-refractivity contribution in [2.75, 3.05) is 12.4 Å². The van der Waals surface area contributed by atoms with Gasteiger partial charge in [-0.3, -0.25) is 0 Å².